The number of aliphatic hydroxyl groups is 1. The lowest BCUT2D eigenvalue weighted by molar-refractivity contribution is 0.0889. The highest BCUT2D eigenvalue weighted by atomic mass is 16.3. The van der Waals surface area contributed by atoms with Crippen LogP contribution in [-0.2, 0) is 6.42 Å². The molecule has 1 aromatic rings. The maximum absolute atomic E-state index is 9.91. The summed E-state index contributed by atoms with van der Waals surface area (Å²) in [4.78, 5) is 0. The summed E-state index contributed by atoms with van der Waals surface area (Å²) in [6.45, 7) is 1.97. The largest absolute Gasteiger partial charge is 0.375 e. The summed E-state index contributed by atoms with van der Waals surface area (Å²) >= 11 is 0. The second-order valence-electron chi connectivity index (χ2n) is 3.56. The summed E-state index contributed by atoms with van der Waals surface area (Å²) in [5.74, 6) is 0. The van der Waals surface area contributed by atoms with Crippen LogP contribution in [0.2, 0.25) is 0 Å². The van der Waals surface area contributed by atoms with Crippen LogP contribution in [0.15, 0.2) is 30.3 Å². The molecule has 0 unspecified atom stereocenters. The van der Waals surface area contributed by atoms with Gasteiger partial charge >= 0.3 is 0 Å². The minimum absolute atomic E-state index is 0.415. The highest BCUT2D eigenvalue weighted by Gasteiger charge is 2.25. The Morgan fingerprint density at radius 2 is 2.00 bits per heavy atom. The van der Waals surface area contributed by atoms with Crippen LogP contribution in [0, 0.1) is 11.3 Å². The van der Waals surface area contributed by atoms with Crippen LogP contribution in [0.1, 0.15) is 25.3 Å². The first-order valence-corrected chi connectivity index (χ1v) is 4.88. The summed E-state index contributed by atoms with van der Waals surface area (Å²) in [6, 6.07) is 11.6. The first-order chi connectivity index (χ1) is 6.70. The third kappa shape index (κ3) is 2.86. The molecule has 0 spiro atoms. The van der Waals surface area contributed by atoms with Crippen LogP contribution in [0.4, 0.5) is 0 Å². The third-order valence-electron chi connectivity index (χ3n) is 2.21. The van der Waals surface area contributed by atoms with Gasteiger partial charge in [0.05, 0.1) is 6.07 Å². The molecular formula is C12H15NO. The zero-order valence-corrected chi connectivity index (χ0v) is 8.40. The predicted molar refractivity (Wildman–Crippen MR) is 55.6 cm³/mol. The lowest BCUT2D eigenvalue weighted by atomic mass is 9.92. The van der Waals surface area contributed by atoms with Gasteiger partial charge in [-0.2, -0.15) is 5.26 Å². The topological polar surface area (TPSA) is 44.0 Å². The van der Waals surface area contributed by atoms with Crippen molar-refractivity contribution in [3.8, 4) is 6.07 Å². The minimum atomic E-state index is -1.20. The Hall–Kier alpha value is -1.33. The number of hydrogen-bond acceptors (Lipinski definition) is 2. The van der Waals surface area contributed by atoms with E-state index in [9.17, 15) is 5.11 Å². The lowest BCUT2D eigenvalue weighted by Gasteiger charge is -2.19. The van der Waals surface area contributed by atoms with Gasteiger partial charge < -0.3 is 5.11 Å². The van der Waals surface area contributed by atoms with Crippen molar-refractivity contribution in [1.29, 1.82) is 5.26 Å². The molecule has 0 fully saturated rings. The van der Waals surface area contributed by atoms with Crippen LogP contribution < -0.4 is 0 Å². The van der Waals surface area contributed by atoms with Gasteiger partial charge in [-0.15, -0.1) is 0 Å². The zero-order valence-electron chi connectivity index (χ0n) is 8.40. The van der Waals surface area contributed by atoms with Gasteiger partial charge in [-0.1, -0.05) is 43.7 Å². The fourth-order valence-corrected chi connectivity index (χ4v) is 1.53. The van der Waals surface area contributed by atoms with Crippen molar-refractivity contribution in [2.45, 2.75) is 31.8 Å². The third-order valence-corrected chi connectivity index (χ3v) is 2.21. The smallest absolute Gasteiger partial charge is 0.155 e. The molecule has 0 aliphatic heterocycles. The number of hydrogen-bond donors (Lipinski definition) is 1. The molecule has 0 aliphatic rings. The molecule has 1 rings (SSSR count). The molecule has 0 aliphatic carbocycles. The van der Waals surface area contributed by atoms with Crippen LogP contribution >= 0.6 is 0 Å². The van der Waals surface area contributed by atoms with E-state index < -0.39 is 5.60 Å². The quantitative estimate of drug-likeness (QED) is 0.738. The minimum Gasteiger partial charge on any atom is -0.375 e. The van der Waals surface area contributed by atoms with Crippen LogP contribution in [0.25, 0.3) is 0 Å². The summed E-state index contributed by atoms with van der Waals surface area (Å²) in [5.41, 5.74) is -0.194. The van der Waals surface area contributed by atoms with Crippen molar-refractivity contribution in [2.24, 2.45) is 0 Å². The van der Waals surface area contributed by atoms with E-state index in [2.05, 4.69) is 0 Å². The molecule has 1 atom stereocenters. The maximum atomic E-state index is 9.91. The first kappa shape index (κ1) is 10.7. The van der Waals surface area contributed by atoms with Gasteiger partial charge in [-0.25, -0.2) is 0 Å². The first-order valence-electron chi connectivity index (χ1n) is 4.88. The summed E-state index contributed by atoms with van der Waals surface area (Å²) in [5, 5.41) is 18.8. The molecular weight excluding hydrogens is 174 g/mol. The number of nitriles is 1. The van der Waals surface area contributed by atoms with E-state index in [0.717, 1.165) is 12.0 Å². The molecule has 2 nitrogen and oxygen atoms in total. The van der Waals surface area contributed by atoms with Crippen molar-refractivity contribution >= 4 is 0 Å². The Labute approximate surface area is 84.8 Å². The van der Waals surface area contributed by atoms with Gasteiger partial charge in [0.15, 0.2) is 5.60 Å². The highest BCUT2D eigenvalue weighted by molar-refractivity contribution is 5.20. The number of nitrogens with zero attached hydrogens (tertiary/aromatic N) is 1. The van der Waals surface area contributed by atoms with E-state index in [1.54, 1.807) is 0 Å². The molecule has 0 radical (unpaired) electrons. The molecule has 2 heteroatoms. The fraction of sp³-hybridized carbons (Fsp3) is 0.417. The maximum Gasteiger partial charge on any atom is 0.155 e. The standard InChI is InChI=1S/C12H15NO/c1-2-8-12(14,10-13)9-11-6-4-3-5-7-11/h3-7,14H,2,8-9H2,1H3/t12-/m0/s1. The van der Waals surface area contributed by atoms with Crippen molar-refractivity contribution in [1.82, 2.24) is 0 Å². The van der Waals surface area contributed by atoms with E-state index >= 15 is 0 Å². The molecule has 74 valence electrons. The monoisotopic (exact) mass is 189 g/mol. The van der Waals surface area contributed by atoms with Crippen molar-refractivity contribution in [3.05, 3.63) is 35.9 Å². The Bertz CT molecular complexity index is 315. The molecule has 14 heavy (non-hydrogen) atoms. The molecule has 0 heterocycles. The molecule has 0 amide bonds. The van der Waals surface area contributed by atoms with Gasteiger partial charge in [0.1, 0.15) is 0 Å². The molecule has 0 bridgehead atoms. The van der Waals surface area contributed by atoms with Crippen molar-refractivity contribution in [2.75, 3.05) is 0 Å². The number of benzene rings is 1. The average molecular weight is 189 g/mol. The van der Waals surface area contributed by atoms with Crippen molar-refractivity contribution < 1.29 is 5.11 Å². The molecule has 0 saturated heterocycles. The van der Waals surface area contributed by atoms with Gasteiger partial charge in [0.2, 0.25) is 0 Å². The van der Waals surface area contributed by atoms with E-state index in [0.29, 0.717) is 12.8 Å². The van der Waals surface area contributed by atoms with E-state index in [1.165, 1.54) is 0 Å². The average Bonchev–Trinajstić information content (AvgIpc) is 2.20. The van der Waals surface area contributed by atoms with Crippen LogP contribution in [0.3, 0.4) is 0 Å². The Morgan fingerprint density at radius 1 is 1.36 bits per heavy atom. The van der Waals surface area contributed by atoms with Gasteiger partial charge in [0, 0.05) is 6.42 Å². The SMILES string of the molecule is CCC[C@@](O)(C#N)Cc1ccccc1. The lowest BCUT2D eigenvalue weighted by Crippen LogP contribution is -2.28. The summed E-state index contributed by atoms with van der Waals surface area (Å²) < 4.78 is 0. The second kappa shape index (κ2) is 4.78. The van der Waals surface area contributed by atoms with E-state index in [4.69, 9.17) is 5.26 Å². The molecule has 0 aromatic heterocycles. The van der Waals surface area contributed by atoms with Crippen LogP contribution in [0.5, 0.6) is 0 Å². The predicted octanol–water partition coefficient (Wildman–Crippen LogP) is 2.28. The second-order valence-corrected chi connectivity index (χ2v) is 3.56. The fourth-order valence-electron chi connectivity index (χ4n) is 1.53. The van der Waals surface area contributed by atoms with E-state index in [1.807, 2.05) is 43.3 Å². The Kier molecular flexibility index (Phi) is 3.67. The highest BCUT2D eigenvalue weighted by Crippen LogP contribution is 2.18. The van der Waals surface area contributed by atoms with Gasteiger partial charge in [0.25, 0.3) is 0 Å². The van der Waals surface area contributed by atoms with E-state index in [-0.39, 0.29) is 0 Å². The molecule has 1 N–H and O–H groups in total. The molecule has 0 saturated carbocycles. The Balaban J connectivity index is 2.72. The zero-order chi connectivity index (χ0) is 10.4. The van der Waals surface area contributed by atoms with Gasteiger partial charge in [-0.05, 0) is 12.0 Å². The Morgan fingerprint density at radius 3 is 2.50 bits per heavy atom. The van der Waals surface area contributed by atoms with Crippen LogP contribution in [-0.4, -0.2) is 10.7 Å². The number of rotatable bonds is 4. The summed E-state index contributed by atoms with van der Waals surface area (Å²) in [6.07, 6.45) is 1.76. The van der Waals surface area contributed by atoms with Gasteiger partial charge in [-0.3, -0.25) is 0 Å². The van der Waals surface area contributed by atoms with Crippen molar-refractivity contribution in [3.63, 3.8) is 0 Å². The summed E-state index contributed by atoms with van der Waals surface area (Å²) in [7, 11) is 0. The molecule has 1 aromatic carbocycles. The normalized spacial score (nSPS) is 14.4.